The Morgan fingerprint density at radius 3 is 2.90 bits per heavy atom. The fourth-order valence-electron chi connectivity index (χ4n) is 1.46. The van der Waals surface area contributed by atoms with Crippen LogP contribution in [0, 0.1) is 0 Å². The van der Waals surface area contributed by atoms with Gasteiger partial charge in [0.1, 0.15) is 5.15 Å². The normalized spacial score (nSPS) is 10.2. The summed E-state index contributed by atoms with van der Waals surface area (Å²) in [6, 6.07) is 3.21. The molecule has 0 radical (unpaired) electrons. The molecule has 0 unspecified atom stereocenters. The first-order chi connectivity index (χ1) is 9.58. The van der Waals surface area contributed by atoms with E-state index in [1.165, 1.54) is 22.9 Å². The number of pyridine rings is 1. The molecule has 0 atom stereocenters. The van der Waals surface area contributed by atoms with Crippen molar-refractivity contribution in [2.45, 2.75) is 6.42 Å². The Labute approximate surface area is 123 Å². The number of hydrogen-bond acceptors (Lipinski definition) is 5. The van der Waals surface area contributed by atoms with Gasteiger partial charge in [-0.25, -0.2) is 14.8 Å². The van der Waals surface area contributed by atoms with Crippen molar-refractivity contribution >= 4 is 34.8 Å². The number of halogens is 1. The molecular weight excluding hydrogens is 302 g/mol. The van der Waals surface area contributed by atoms with Gasteiger partial charge in [-0.05, 0) is 12.1 Å². The van der Waals surface area contributed by atoms with Crippen LogP contribution in [0.4, 0.5) is 0 Å². The third-order valence-electron chi connectivity index (χ3n) is 2.40. The van der Waals surface area contributed by atoms with Crippen LogP contribution in [0.25, 0.3) is 0 Å². The summed E-state index contributed by atoms with van der Waals surface area (Å²) >= 11 is 7.05. The van der Waals surface area contributed by atoms with Crippen LogP contribution >= 0.6 is 22.9 Å². The summed E-state index contributed by atoms with van der Waals surface area (Å²) in [5.41, 5.74) is 0.325. The average Bonchev–Trinajstić information content (AvgIpc) is 2.88. The third-order valence-corrected chi connectivity index (χ3v) is 3.61. The minimum absolute atomic E-state index is 0.0200. The predicted octanol–water partition coefficient (Wildman–Crippen LogP) is 1.86. The Bertz CT molecular complexity index is 644. The van der Waals surface area contributed by atoms with Gasteiger partial charge < -0.3 is 10.4 Å². The Balaban J connectivity index is 1.88. The van der Waals surface area contributed by atoms with Crippen LogP contribution in [-0.4, -0.2) is 33.5 Å². The summed E-state index contributed by atoms with van der Waals surface area (Å²) in [6.45, 7) is 0.344. The number of rotatable bonds is 5. The molecule has 0 spiro atoms. The first-order valence-corrected chi connectivity index (χ1v) is 6.90. The maximum Gasteiger partial charge on any atom is 0.355 e. The second kappa shape index (κ2) is 6.44. The van der Waals surface area contributed by atoms with Gasteiger partial charge in [-0.1, -0.05) is 11.6 Å². The van der Waals surface area contributed by atoms with Gasteiger partial charge in [-0.3, -0.25) is 4.79 Å². The molecule has 0 saturated heterocycles. The fraction of sp³-hybridized carbons (Fsp3) is 0.167. The highest BCUT2D eigenvalue weighted by molar-refractivity contribution is 7.09. The summed E-state index contributed by atoms with van der Waals surface area (Å²) in [7, 11) is 0. The highest BCUT2D eigenvalue weighted by Gasteiger charge is 2.11. The first kappa shape index (κ1) is 14.4. The number of nitrogens with zero attached hydrogens (tertiary/aromatic N) is 2. The summed E-state index contributed by atoms with van der Waals surface area (Å²) in [6.07, 6.45) is 1.96. The molecule has 1 amide bonds. The predicted molar refractivity (Wildman–Crippen MR) is 74.4 cm³/mol. The number of carboxylic acid groups (broad SMARTS) is 1. The topological polar surface area (TPSA) is 92.2 Å². The molecule has 2 N–H and O–H groups in total. The lowest BCUT2D eigenvalue weighted by Crippen LogP contribution is -2.26. The SMILES string of the molecule is O=C(O)c1csc(CCNC(=O)c2cccnc2Cl)n1. The minimum Gasteiger partial charge on any atom is -0.476 e. The number of amides is 1. The summed E-state index contributed by atoms with van der Waals surface area (Å²) in [5, 5.41) is 13.7. The van der Waals surface area contributed by atoms with Gasteiger partial charge in [-0.15, -0.1) is 11.3 Å². The van der Waals surface area contributed by atoms with Gasteiger partial charge in [0.05, 0.1) is 10.6 Å². The third kappa shape index (κ3) is 3.52. The van der Waals surface area contributed by atoms with Crippen molar-refractivity contribution in [3.8, 4) is 0 Å². The minimum atomic E-state index is -1.06. The van der Waals surface area contributed by atoms with Crippen molar-refractivity contribution in [1.82, 2.24) is 15.3 Å². The molecule has 0 aliphatic heterocycles. The zero-order valence-corrected chi connectivity index (χ0v) is 11.7. The maximum atomic E-state index is 11.8. The van der Waals surface area contributed by atoms with Crippen LogP contribution in [0.2, 0.25) is 5.15 Å². The smallest absolute Gasteiger partial charge is 0.355 e. The van der Waals surface area contributed by atoms with Gasteiger partial charge in [-0.2, -0.15) is 0 Å². The van der Waals surface area contributed by atoms with E-state index in [2.05, 4.69) is 15.3 Å². The van der Waals surface area contributed by atoms with E-state index < -0.39 is 5.97 Å². The molecule has 104 valence electrons. The molecule has 20 heavy (non-hydrogen) atoms. The number of thiazole rings is 1. The van der Waals surface area contributed by atoms with Crippen LogP contribution < -0.4 is 5.32 Å². The van der Waals surface area contributed by atoms with E-state index in [0.29, 0.717) is 23.5 Å². The van der Waals surface area contributed by atoms with E-state index in [-0.39, 0.29) is 16.8 Å². The second-order valence-corrected chi connectivity index (χ2v) is 5.08. The van der Waals surface area contributed by atoms with Crippen molar-refractivity contribution in [2.75, 3.05) is 6.54 Å². The number of aromatic carboxylic acids is 1. The van der Waals surface area contributed by atoms with Crippen molar-refractivity contribution < 1.29 is 14.7 Å². The van der Waals surface area contributed by atoms with Gasteiger partial charge >= 0.3 is 5.97 Å². The Morgan fingerprint density at radius 2 is 2.25 bits per heavy atom. The molecule has 2 rings (SSSR count). The van der Waals surface area contributed by atoms with Crippen molar-refractivity contribution in [3.63, 3.8) is 0 Å². The summed E-state index contributed by atoms with van der Waals surface area (Å²) in [4.78, 5) is 30.2. The zero-order valence-electron chi connectivity index (χ0n) is 10.2. The van der Waals surface area contributed by atoms with Gasteiger partial charge in [0.25, 0.3) is 5.91 Å². The monoisotopic (exact) mass is 311 g/mol. The molecule has 0 aliphatic rings. The van der Waals surface area contributed by atoms with E-state index in [1.54, 1.807) is 12.1 Å². The highest BCUT2D eigenvalue weighted by atomic mass is 35.5. The van der Waals surface area contributed by atoms with Crippen LogP contribution in [0.3, 0.4) is 0 Å². The molecule has 0 fully saturated rings. The van der Waals surface area contributed by atoms with E-state index >= 15 is 0 Å². The molecule has 6 nitrogen and oxygen atoms in total. The number of carbonyl (C=O) groups excluding carboxylic acids is 1. The van der Waals surface area contributed by atoms with E-state index in [0.717, 1.165) is 0 Å². The van der Waals surface area contributed by atoms with Crippen LogP contribution in [0.15, 0.2) is 23.7 Å². The molecule has 8 heteroatoms. The lowest BCUT2D eigenvalue weighted by Gasteiger charge is -2.04. The standard InChI is InChI=1S/C12H10ClN3O3S/c13-10-7(2-1-4-14-10)11(17)15-5-3-9-16-8(6-20-9)12(18)19/h1-2,4,6H,3,5H2,(H,15,17)(H,18,19). The highest BCUT2D eigenvalue weighted by Crippen LogP contribution is 2.12. The van der Waals surface area contributed by atoms with E-state index in [4.69, 9.17) is 16.7 Å². The van der Waals surface area contributed by atoms with Crippen LogP contribution in [0.5, 0.6) is 0 Å². The number of carboxylic acids is 1. The van der Waals surface area contributed by atoms with Gasteiger partial charge in [0, 0.05) is 24.5 Å². The largest absolute Gasteiger partial charge is 0.476 e. The molecule has 0 bridgehead atoms. The molecule has 2 aromatic rings. The number of hydrogen-bond donors (Lipinski definition) is 2. The molecule has 2 heterocycles. The van der Waals surface area contributed by atoms with Crippen molar-refractivity contribution in [3.05, 3.63) is 45.1 Å². The molecule has 0 saturated carbocycles. The molecule has 0 aliphatic carbocycles. The number of carbonyl (C=O) groups is 2. The molecular formula is C12H10ClN3O3S. The Hall–Kier alpha value is -1.99. The van der Waals surface area contributed by atoms with Crippen LogP contribution in [0.1, 0.15) is 25.9 Å². The fourth-order valence-corrected chi connectivity index (χ4v) is 2.43. The average molecular weight is 312 g/mol. The van der Waals surface area contributed by atoms with Crippen LogP contribution in [-0.2, 0) is 6.42 Å². The van der Waals surface area contributed by atoms with Gasteiger partial charge in [0.2, 0.25) is 0 Å². The lowest BCUT2D eigenvalue weighted by molar-refractivity contribution is 0.0690. The maximum absolute atomic E-state index is 11.8. The number of aromatic nitrogens is 2. The van der Waals surface area contributed by atoms with Gasteiger partial charge in [0.15, 0.2) is 5.69 Å². The lowest BCUT2D eigenvalue weighted by atomic mass is 10.2. The van der Waals surface area contributed by atoms with E-state index in [9.17, 15) is 9.59 Å². The summed E-state index contributed by atoms with van der Waals surface area (Å²) in [5.74, 6) is -1.38. The summed E-state index contributed by atoms with van der Waals surface area (Å²) < 4.78 is 0. The Morgan fingerprint density at radius 1 is 1.45 bits per heavy atom. The van der Waals surface area contributed by atoms with Crippen molar-refractivity contribution in [2.24, 2.45) is 0 Å². The number of nitrogens with one attached hydrogen (secondary N) is 1. The quantitative estimate of drug-likeness (QED) is 0.822. The Kier molecular flexibility index (Phi) is 4.65. The molecule has 0 aromatic carbocycles. The zero-order chi connectivity index (χ0) is 14.5. The van der Waals surface area contributed by atoms with E-state index in [1.807, 2.05) is 0 Å². The first-order valence-electron chi connectivity index (χ1n) is 5.64. The van der Waals surface area contributed by atoms with Crippen molar-refractivity contribution in [1.29, 1.82) is 0 Å². The molecule has 2 aromatic heterocycles. The second-order valence-electron chi connectivity index (χ2n) is 3.78.